The van der Waals surface area contributed by atoms with Crippen LogP contribution in [0.2, 0.25) is 0 Å². The maximum atomic E-state index is 12.6. The lowest BCUT2D eigenvalue weighted by Gasteiger charge is -2.29. The quantitative estimate of drug-likeness (QED) is 0.197. The van der Waals surface area contributed by atoms with Crippen LogP contribution in [0, 0.1) is 11.8 Å². The third-order valence-electron chi connectivity index (χ3n) is 7.89. The van der Waals surface area contributed by atoms with Crippen LogP contribution in [-0.2, 0) is 19.1 Å². The number of aliphatic hydroxyl groups excluding tert-OH is 3. The number of Topliss-reactive ketones (excluding diaryl/α,β-unsaturated/α-hetero) is 1. The van der Waals surface area contributed by atoms with Crippen molar-refractivity contribution >= 4 is 11.8 Å². The molecule has 0 bridgehead atoms. The average Bonchev–Trinajstić information content (AvgIpc) is 3.58. The topological polar surface area (TPSA) is 137 Å². The van der Waals surface area contributed by atoms with Gasteiger partial charge in [0.2, 0.25) is 0 Å². The highest BCUT2D eigenvalue weighted by molar-refractivity contribution is 5.87. The number of carbonyl (C=O) groups is 2. The van der Waals surface area contributed by atoms with Crippen molar-refractivity contribution in [3.63, 3.8) is 0 Å². The Hall–Kier alpha value is -2.10. The number of esters is 1. The van der Waals surface area contributed by atoms with Gasteiger partial charge >= 0.3 is 5.97 Å². The second-order valence-corrected chi connectivity index (χ2v) is 12.2. The Kier molecular flexibility index (Phi) is 13.0. The Morgan fingerprint density at radius 2 is 1.70 bits per heavy atom. The zero-order valence-corrected chi connectivity index (χ0v) is 25.0. The van der Waals surface area contributed by atoms with Crippen LogP contribution in [0.15, 0.2) is 47.6 Å². The largest absolute Gasteiger partial charge is 0.459 e. The summed E-state index contributed by atoms with van der Waals surface area (Å²) in [6.07, 6.45) is 5.95. The number of ether oxygens (including phenoxy) is 2. The molecule has 8 nitrogen and oxygen atoms in total. The molecule has 0 aliphatic carbocycles. The zero-order chi connectivity index (χ0) is 30.2. The number of carbonyl (C=O) groups excluding carboxylic acids is 2. The Labute approximate surface area is 239 Å². The van der Waals surface area contributed by atoms with Gasteiger partial charge in [-0.1, -0.05) is 50.3 Å². The number of aliphatic hydroxyl groups is 4. The van der Waals surface area contributed by atoms with Crippen molar-refractivity contribution in [3.05, 3.63) is 47.6 Å². The molecular formula is C32H50O8. The highest BCUT2D eigenvalue weighted by atomic mass is 16.6. The van der Waals surface area contributed by atoms with Gasteiger partial charge in [-0.25, -0.2) is 4.79 Å². The minimum Gasteiger partial charge on any atom is -0.459 e. The standard InChI is InChI=1S/C32H50O8/c1-19-13-20(2)15-28-27(40-28)12-10-8-9-11-21(3)31(37)39-24(6)16-22(4)29(35)30(36)26(34)17-25(33)18-32(7,38)23(5)14-19/h10-12,14,20,22,24-25,27-30,33,35-36,38H,1,8-9,13,15-18H2,2-7H3/b12-10+,21-11+,23-14+/t20?,22?,24?,25?,27?,28?,29?,30-,32?/m1/s1. The maximum Gasteiger partial charge on any atom is 0.333 e. The molecule has 9 atom stereocenters. The van der Waals surface area contributed by atoms with Crippen molar-refractivity contribution in [1.82, 2.24) is 0 Å². The molecule has 8 heteroatoms. The van der Waals surface area contributed by atoms with Gasteiger partial charge in [0.15, 0.2) is 5.78 Å². The Bertz CT molecular complexity index is 977. The fraction of sp³-hybridized carbons (Fsp3) is 0.688. The molecule has 2 aliphatic rings. The van der Waals surface area contributed by atoms with E-state index >= 15 is 0 Å². The van der Waals surface area contributed by atoms with E-state index in [4.69, 9.17) is 9.47 Å². The smallest absolute Gasteiger partial charge is 0.333 e. The summed E-state index contributed by atoms with van der Waals surface area (Å²) in [6.45, 7) is 14.7. The van der Waals surface area contributed by atoms with Crippen LogP contribution in [-0.4, -0.2) is 74.4 Å². The average molecular weight is 563 g/mol. The number of ketones is 1. The van der Waals surface area contributed by atoms with Crippen LogP contribution in [0.25, 0.3) is 0 Å². The second kappa shape index (κ2) is 15.2. The molecule has 2 heterocycles. The number of epoxide rings is 1. The number of allylic oxidation sites excluding steroid dienone is 4. The zero-order valence-electron chi connectivity index (χ0n) is 25.0. The van der Waals surface area contributed by atoms with Gasteiger partial charge in [0.1, 0.15) is 12.2 Å². The van der Waals surface area contributed by atoms with Gasteiger partial charge in [0.05, 0.1) is 30.0 Å². The lowest BCUT2D eigenvalue weighted by atomic mass is 9.85. The predicted octanol–water partition coefficient (Wildman–Crippen LogP) is 4.11. The number of fused-ring (bicyclic) bond motifs is 1. The molecule has 0 saturated carbocycles. The summed E-state index contributed by atoms with van der Waals surface area (Å²) >= 11 is 0. The molecule has 8 unspecified atom stereocenters. The first-order valence-corrected chi connectivity index (χ1v) is 14.5. The molecular weight excluding hydrogens is 512 g/mol. The van der Waals surface area contributed by atoms with Crippen molar-refractivity contribution in [3.8, 4) is 0 Å². The molecule has 1 fully saturated rings. The molecule has 0 radical (unpaired) electrons. The fourth-order valence-electron chi connectivity index (χ4n) is 5.21. The van der Waals surface area contributed by atoms with Crippen LogP contribution in [0.3, 0.4) is 0 Å². The van der Waals surface area contributed by atoms with E-state index in [9.17, 15) is 30.0 Å². The third-order valence-corrected chi connectivity index (χ3v) is 7.89. The molecule has 0 aromatic carbocycles. The fourth-order valence-corrected chi connectivity index (χ4v) is 5.21. The summed E-state index contributed by atoms with van der Waals surface area (Å²) in [5, 5.41) is 42.6. The summed E-state index contributed by atoms with van der Waals surface area (Å²) < 4.78 is 11.3. The van der Waals surface area contributed by atoms with Crippen LogP contribution in [0.4, 0.5) is 0 Å². The minimum atomic E-state index is -1.71. The maximum absolute atomic E-state index is 12.6. The van der Waals surface area contributed by atoms with Gasteiger partial charge in [-0.3, -0.25) is 4.79 Å². The minimum absolute atomic E-state index is 0.100. The third kappa shape index (κ3) is 11.1. The first kappa shape index (κ1) is 34.1. The lowest BCUT2D eigenvalue weighted by molar-refractivity contribution is -0.146. The van der Waals surface area contributed by atoms with E-state index in [1.807, 2.05) is 12.2 Å². The summed E-state index contributed by atoms with van der Waals surface area (Å²) in [4.78, 5) is 25.1. The Morgan fingerprint density at radius 1 is 1.02 bits per heavy atom. The van der Waals surface area contributed by atoms with Gasteiger partial charge in [0.25, 0.3) is 0 Å². The van der Waals surface area contributed by atoms with Gasteiger partial charge in [-0.15, -0.1) is 0 Å². The molecule has 0 amide bonds. The summed E-state index contributed by atoms with van der Waals surface area (Å²) in [7, 11) is 0. The van der Waals surface area contributed by atoms with E-state index in [-0.39, 0.29) is 25.0 Å². The highest BCUT2D eigenvalue weighted by Gasteiger charge is 2.37. The van der Waals surface area contributed by atoms with E-state index in [2.05, 4.69) is 25.7 Å². The van der Waals surface area contributed by atoms with Gasteiger partial charge in [0, 0.05) is 18.4 Å². The van der Waals surface area contributed by atoms with E-state index in [0.29, 0.717) is 23.5 Å². The van der Waals surface area contributed by atoms with Crippen LogP contribution >= 0.6 is 0 Å². The van der Waals surface area contributed by atoms with Crippen LogP contribution in [0.1, 0.15) is 86.5 Å². The number of hydrogen-bond donors (Lipinski definition) is 4. The second-order valence-electron chi connectivity index (χ2n) is 12.2. The molecule has 226 valence electrons. The number of cyclic esters (lactones) is 1. The summed E-state index contributed by atoms with van der Waals surface area (Å²) in [5.74, 6) is -1.40. The number of rotatable bonds is 0. The van der Waals surface area contributed by atoms with Gasteiger partial charge in [-0.05, 0) is 77.2 Å². The highest BCUT2D eigenvalue weighted by Crippen LogP contribution is 2.33. The van der Waals surface area contributed by atoms with Gasteiger partial charge in [-0.2, -0.15) is 0 Å². The van der Waals surface area contributed by atoms with E-state index in [1.165, 1.54) is 0 Å². The predicted molar refractivity (Wildman–Crippen MR) is 154 cm³/mol. The van der Waals surface area contributed by atoms with E-state index in [0.717, 1.165) is 24.8 Å². The monoisotopic (exact) mass is 562 g/mol. The SMILES string of the molecule is C=C1/C=C(\C)C(C)(O)CC(O)CC(=O)[C@@H](O)C(O)C(C)CC(C)OC(=O)/C(C)=C/CC/C=C/C2OC2CC(C)C1. The van der Waals surface area contributed by atoms with Crippen molar-refractivity contribution in [2.24, 2.45) is 11.8 Å². The lowest BCUT2D eigenvalue weighted by Crippen LogP contribution is -2.41. The molecule has 0 aromatic heterocycles. The van der Waals surface area contributed by atoms with E-state index < -0.39 is 54.1 Å². The molecule has 2 rings (SSSR count). The van der Waals surface area contributed by atoms with Crippen molar-refractivity contribution in [2.45, 2.75) is 129 Å². The molecule has 0 spiro atoms. The number of hydrogen-bond acceptors (Lipinski definition) is 8. The molecule has 40 heavy (non-hydrogen) atoms. The van der Waals surface area contributed by atoms with Crippen LogP contribution in [0.5, 0.6) is 0 Å². The molecule has 2 aliphatic heterocycles. The normalized spacial score (nSPS) is 42.0. The molecule has 4 N–H and O–H groups in total. The molecule has 1 saturated heterocycles. The first-order valence-electron chi connectivity index (χ1n) is 14.5. The van der Waals surface area contributed by atoms with Crippen molar-refractivity contribution in [1.29, 1.82) is 0 Å². The van der Waals surface area contributed by atoms with Crippen molar-refractivity contribution < 1.29 is 39.5 Å². The van der Waals surface area contributed by atoms with Gasteiger partial charge < -0.3 is 29.9 Å². The summed E-state index contributed by atoms with van der Waals surface area (Å²) in [6, 6.07) is 0. The first-order chi connectivity index (χ1) is 18.6. The van der Waals surface area contributed by atoms with E-state index in [1.54, 1.807) is 34.6 Å². The van der Waals surface area contributed by atoms with Crippen LogP contribution < -0.4 is 0 Å². The van der Waals surface area contributed by atoms with Crippen molar-refractivity contribution in [2.75, 3.05) is 0 Å². The Morgan fingerprint density at radius 3 is 2.38 bits per heavy atom. The summed E-state index contributed by atoms with van der Waals surface area (Å²) in [5.41, 5.74) is 0.569. The molecule has 0 aromatic rings. The Balaban J connectivity index is 2.15.